The number of aromatic nitrogens is 9. The highest BCUT2D eigenvalue weighted by Gasteiger charge is 2.21. The van der Waals surface area contributed by atoms with Gasteiger partial charge in [-0.2, -0.15) is 0 Å². The largest absolute Gasteiger partial charge is 0.256 e. The van der Waals surface area contributed by atoms with Crippen molar-refractivity contribution in [3.63, 3.8) is 0 Å². The molecule has 0 saturated heterocycles. The highest BCUT2D eigenvalue weighted by Crippen LogP contribution is 2.40. The highest BCUT2D eigenvalue weighted by atomic mass is 35.5. The van der Waals surface area contributed by atoms with E-state index in [0.717, 1.165) is 11.1 Å². The van der Waals surface area contributed by atoms with E-state index in [-0.39, 0.29) is 52.0 Å². The van der Waals surface area contributed by atoms with Gasteiger partial charge < -0.3 is 0 Å². The van der Waals surface area contributed by atoms with E-state index in [9.17, 15) is 22.0 Å². The molecule has 14 rings (SSSR count). The Morgan fingerprint density at radius 3 is 1.01 bits per heavy atom. The summed E-state index contributed by atoms with van der Waals surface area (Å²) in [4.78, 5) is 38.6. The van der Waals surface area contributed by atoms with Crippen LogP contribution in [0, 0.1) is 63.7 Å². The van der Waals surface area contributed by atoms with Gasteiger partial charge in [0.05, 0.1) is 123 Å². The normalized spacial score (nSPS) is 11.0. The molecule has 0 saturated carbocycles. The third-order valence-electron chi connectivity index (χ3n) is 14.6. The van der Waals surface area contributed by atoms with Crippen molar-refractivity contribution in [2.24, 2.45) is 0 Å². The SMILES string of the molecule is Cc1c(-c2ccccn2)nc2cc(F)c(-c3ccccn3)cc2c1Cl.Cc1c(-c2ccccn2)nc2cc(F)c(Cl)cc2c1Cl.Cc1c(-c2ccccn2)nc2ccc(Cl)c(F)c2c1Cl.Cc1c(Cl)nc2cc(F)c(Cl)cc2c1Cl.Cc1c(Cl)nc2ccc(Cl)c(F)c2c1Cl. The standard InChI is InChI=1S/C20H13ClFN3.2C15H9Cl2FN2.2C10H5Cl3FN/c1-12-19(21)14-10-13(16-6-2-4-8-23-16)15(22)11-18(14)25-20(12)17-7-3-5-9-24-17;1-8-13(17)12-10(6-5-9(16)14(12)18)20-15(8)11-4-2-3-7-19-11;1-8-14(17)9-6-10(16)11(18)7-13(9)20-15(8)12-4-2-3-5-19-12;1-4-9(12)5-2-6(11)7(14)3-8(5)15-10(4)13;1-4-8(12)7-6(15-10(4)13)3-2-5(11)9(7)14/h2-11H,1H3;2*2-7H,1H3;2*2-3H,1H3. The summed E-state index contributed by atoms with van der Waals surface area (Å²) in [5.41, 5.74) is 10.7. The van der Waals surface area contributed by atoms with E-state index < -0.39 is 23.3 Å². The minimum atomic E-state index is -0.563. The average molecular weight is 1490 g/mol. The van der Waals surface area contributed by atoms with Crippen LogP contribution in [0.15, 0.2) is 158 Å². The van der Waals surface area contributed by atoms with Gasteiger partial charge in [-0.05, 0) is 142 Å². The van der Waals surface area contributed by atoms with Gasteiger partial charge >= 0.3 is 0 Å². The van der Waals surface area contributed by atoms with E-state index in [2.05, 4.69) is 44.9 Å². The van der Waals surface area contributed by atoms with Gasteiger partial charge in [-0.3, -0.25) is 19.9 Å². The molecule has 0 spiro atoms. The predicted molar refractivity (Wildman–Crippen MR) is 380 cm³/mol. The van der Waals surface area contributed by atoms with Gasteiger partial charge in [0, 0.05) is 75.8 Å². The fourth-order valence-electron chi connectivity index (χ4n) is 9.57. The maximum Gasteiger partial charge on any atom is 0.152 e. The first-order chi connectivity index (χ1) is 45.3. The molecular formula is C70H41Cl11F5N9. The van der Waals surface area contributed by atoms with Gasteiger partial charge in [0.1, 0.15) is 27.8 Å². The number of hydrogen-bond donors (Lipinski definition) is 0. The van der Waals surface area contributed by atoms with Crippen molar-refractivity contribution in [1.29, 1.82) is 0 Å². The Morgan fingerprint density at radius 1 is 0.284 bits per heavy atom. The first-order valence-electron chi connectivity index (χ1n) is 27.9. The van der Waals surface area contributed by atoms with Crippen LogP contribution in [0.25, 0.3) is 99.9 Å². The fraction of sp³-hybridized carbons (Fsp3) is 0.0714. The van der Waals surface area contributed by atoms with E-state index >= 15 is 0 Å². The second-order valence-electron chi connectivity index (χ2n) is 20.7. The summed E-state index contributed by atoms with van der Waals surface area (Å²) in [6.07, 6.45) is 6.68. The lowest BCUT2D eigenvalue weighted by Gasteiger charge is -2.12. The molecule has 0 amide bonds. The Labute approximate surface area is 594 Å². The van der Waals surface area contributed by atoms with Gasteiger partial charge in [-0.15, -0.1) is 0 Å². The number of benzene rings is 5. The van der Waals surface area contributed by atoms with Crippen LogP contribution in [0.3, 0.4) is 0 Å². The van der Waals surface area contributed by atoms with E-state index in [0.29, 0.717) is 126 Å². The van der Waals surface area contributed by atoms with Crippen molar-refractivity contribution < 1.29 is 22.0 Å². The molecule has 0 bridgehead atoms. The van der Waals surface area contributed by atoms with Gasteiger partial charge in [0.25, 0.3) is 0 Å². The molecule has 14 aromatic rings. The maximum atomic E-state index is 14.6. The summed E-state index contributed by atoms with van der Waals surface area (Å²) < 4.78 is 69.1. The molecule has 478 valence electrons. The predicted octanol–water partition coefficient (Wildman–Crippen LogP) is 24.8. The van der Waals surface area contributed by atoms with E-state index in [1.165, 1.54) is 42.5 Å². The summed E-state index contributed by atoms with van der Waals surface area (Å²) in [6, 6.07) is 36.7. The van der Waals surface area contributed by atoms with Crippen molar-refractivity contribution in [1.82, 2.24) is 44.9 Å². The van der Waals surface area contributed by atoms with Crippen LogP contribution in [-0.2, 0) is 0 Å². The topological polar surface area (TPSA) is 116 Å². The van der Waals surface area contributed by atoms with Gasteiger partial charge in [0.15, 0.2) is 11.6 Å². The van der Waals surface area contributed by atoms with Crippen molar-refractivity contribution in [2.45, 2.75) is 34.6 Å². The smallest absolute Gasteiger partial charge is 0.152 e. The molecule has 0 aliphatic rings. The molecule has 0 N–H and O–H groups in total. The summed E-state index contributed by atoms with van der Waals surface area (Å²) in [7, 11) is 0. The molecule has 25 heteroatoms. The highest BCUT2D eigenvalue weighted by molar-refractivity contribution is 6.42. The second kappa shape index (κ2) is 30.3. The third kappa shape index (κ3) is 15.1. The molecule has 0 aliphatic carbocycles. The summed E-state index contributed by atoms with van der Waals surface area (Å²) in [6.45, 7) is 8.96. The van der Waals surface area contributed by atoms with Crippen LogP contribution in [-0.4, -0.2) is 44.9 Å². The van der Waals surface area contributed by atoms with Gasteiger partial charge in [-0.25, -0.2) is 46.9 Å². The van der Waals surface area contributed by atoms with Crippen LogP contribution < -0.4 is 0 Å². The van der Waals surface area contributed by atoms with Crippen LogP contribution in [0.2, 0.25) is 55.5 Å². The quantitative estimate of drug-likeness (QED) is 0.125. The van der Waals surface area contributed by atoms with Crippen LogP contribution in [0.4, 0.5) is 22.0 Å². The Bertz CT molecular complexity index is 5230. The van der Waals surface area contributed by atoms with Crippen LogP contribution >= 0.6 is 128 Å². The molecule has 9 aromatic heterocycles. The maximum absolute atomic E-state index is 14.6. The zero-order chi connectivity index (χ0) is 68.3. The van der Waals surface area contributed by atoms with Crippen LogP contribution in [0.5, 0.6) is 0 Å². The van der Waals surface area contributed by atoms with Crippen molar-refractivity contribution in [3.8, 4) is 45.4 Å². The second-order valence-corrected chi connectivity index (χ2v) is 24.9. The molecule has 0 atom stereocenters. The van der Waals surface area contributed by atoms with Gasteiger partial charge in [0.2, 0.25) is 0 Å². The lowest BCUT2D eigenvalue weighted by Crippen LogP contribution is -1.96. The lowest BCUT2D eigenvalue weighted by molar-refractivity contribution is 0.629. The van der Waals surface area contributed by atoms with Crippen molar-refractivity contribution in [2.75, 3.05) is 0 Å². The first-order valence-corrected chi connectivity index (χ1v) is 32.0. The van der Waals surface area contributed by atoms with E-state index in [4.69, 9.17) is 128 Å². The molecule has 5 aromatic carbocycles. The van der Waals surface area contributed by atoms with Crippen molar-refractivity contribution >= 4 is 182 Å². The van der Waals surface area contributed by atoms with E-state index in [1.807, 2.05) is 74.5 Å². The van der Waals surface area contributed by atoms with Gasteiger partial charge in [-0.1, -0.05) is 152 Å². The number of rotatable bonds is 4. The summed E-state index contributed by atoms with van der Waals surface area (Å²) in [5, 5.41) is 5.12. The molecule has 0 unspecified atom stereocenters. The molecule has 0 aliphatic heterocycles. The molecule has 0 fully saturated rings. The van der Waals surface area contributed by atoms with Crippen LogP contribution in [0.1, 0.15) is 27.8 Å². The van der Waals surface area contributed by atoms with Crippen molar-refractivity contribution in [3.05, 3.63) is 271 Å². The molecular weight excluding hydrogens is 1450 g/mol. The monoisotopic (exact) mass is 1490 g/mol. The average Bonchev–Trinajstić information content (AvgIpc) is 0.821. The Morgan fingerprint density at radius 2 is 0.600 bits per heavy atom. The summed E-state index contributed by atoms with van der Waals surface area (Å²) >= 11 is 65.8. The number of fused-ring (bicyclic) bond motifs is 5. The van der Waals surface area contributed by atoms with E-state index in [1.54, 1.807) is 75.9 Å². The Balaban J connectivity index is 0.000000131. The zero-order valence-electron chi connectivity index (χ0n) is 49.6. The lowest BCUT2D eigenvalue weighted by atomic mass is 10.0. The number of halogens is 16. The minimum absolute atomic E-state index is 0.0212. The number of hydrogen-bond acceptors (Lipinski definition) is 9. The Kier molecular flexibility index (Phi) is 22.5. The molecule has 95 heavy (non-hydrogen) atoms. The molecule has 9 heterocycles. The third-order valence-corrected chi connectivity index (χ3v) is 18.9. The minimum Gasteiger partial charge on any atom is -0.256 e. The summed E-state index contributed by atoms with van der Waals surface area (Å²) in [5.74, 6) is -2.54. The zero-order valence-corrected chi connectivity index (χ0v) is 57.9. The molecule has 9 nitrogen and oxygen atoms in total. The number of pyridine rings is 9. The number of nitrogens with zero attached hydrogens (tertiary/aromatic N) is 9. The Hall–Kier alpha value is -7.41. The molecule has 0 radical (unpaired) electrons. The fourth-order valence-corrected chi connectivity index (χ4v) is 11.9. The first kappa shape index (κ1) is 70.4.